The zero-order chi connectivity index (χ0) is 17.0. The van der Waals surface area contributed by atoms with Crippen LogP contribution in [0.3, 0.4) is 0 Å². The summed E-state index contributed by atoms with van der Waals surface area (Å²) in [6, 6.07) is 7.48. The predicted octanol–water partition coefficient (Wildman–Crippen LogP) is 2.62. The Balaban J connectivity index is 2.25. The van der Waals surface area contributed by atoms with Crippen molar-refractivity contribution in [3.05, 3.63) is 69.2 Å². The molecule has 0 aliphatic rings. The molecular weight excluding hydrogens is 392 g/mol. The van der Waals surface area contributed by atoms with Gasteiger partial charge in [0, 0.05) is 22.1 Å². The highest BCUT2D eigenvalue weighted by atomic mass is 79.9. The highest BCUT2D eigenvalue weighted by Crippen LogP contribution is 2.24. The van der Waals surface area contributed by atoms with Gasteiger partial charge in [-0.2, -0.15) is 0 Å². The Morgan fingerprint density at radius 3 is 2.39 bits per heavy atom. The van der Waals surface area contributed by atoms with Gasteiger partial charge in [-0.05, 0) is 48.4 Å². The van der Waals surface area contributed by atoms with Crippen molar-refractivity contribution in [2.24, 2.45) is 0 Å². The monoisotopic (exact) mass is 403 g/mol. The number of hydrogen-bond acceptors (Lipinski definition) is 3. The van der Waals surface area contributed by atoms with Gasteiger partial charge >= 0.3 is 0 Å². The standard InChI is InChI=1S/C15H12BrF2NO3S/c16-13-7-10(5-6-19-23(21)22)14(18)8-12(13)15(20)9-1-3-11(17)4-2-9/h1-4,7-8,23H,5-6H2,(H,19,21,22). The van der Waals surface area contributed by atoms with E-state index in [0.29, 0.717) is 4.47 Å². The van der Waals surface area contributed by atoms with E-state index < -0.39 is 28.3 Å². The first-order chi connectivity index (χ1) is 10.9. The Kier molecular flexibility index (Phi) is 5.97. The molecule has 2 aromatic carbocycles. The minimum atomic E-state index is -2.73. The van der Waals surface area contributed by atoms with Gasteiger partial charge in [-0.15, -0.1) is 0 Å². The zero-order valence-electron chi connectivity index (χ0n) is 11.7. The SMILES string of the molecule is O=C(c1ccc(F)cc1)c1cc(F)c(CCN[SH](=O)=O)cc1Br. The second-order valence-electron chi connectivity index (χ2n) is 4.67. The summed E-state index contributed by atoms with van der Waals surface area (Å²) in [5, 5.41) is 0. The van der Waals surface area contributed by atoms with Crippen LogP contribution in [0.1, 0.15) is 21.5 Å². The quantitative estimate of drug-likeness (QED) is 0.575. The summed E-state index contributed by atoms with van der Waals surface area (Å²) in [7, 11) is -2.73. The van der Waals surface area contributed by atoms with Crippen LogP contribution >= 0.6 is 15.9 Å². The molecular formula is C15H12BrF2NO3S. The molecule has 4 nitrogen and oxygen atoms in total. The van der Waals surface area contributed by atoms with Crippen molar-refractivity contribution in [3.8, 4) is 0 Å². The van der Waals surface area contributed by atoms with E-state index in [-0.39, 0.29) is 29.7 Å². The molecule has 0 amide bonds. The minimum absolute atomic E-state index is 0.0628. The number of hydrogen-bond donors (Lipinski definition) is 2. The smallest absolute Gasteiger partial charge is 0.201 e. The number of ketones is 1. The molecule has 2 aromatic rings. The Bertz CT molecular complexity index is 799. The average molecular weight is 404 g/mol. The number of carbonyl (C=O) groups excluding carboxylic acids is 1. The van der Waals surface area contributed by atoms with Crippen LogP contribution in [0, 0.1) is 11.6 Å². The summed E-state index contributed by atoms with van der Waals surface area (Å²) < 4.78 is 50.4. The molecule has 0 aliphatic carbocycles. The summed E-state index contributed by atoms with van der Waals surface area (Å²) in [6.07, 6.45) is 0.152. The number of nitrogens with one attached hydrogen (secondary N) is 1. The van der Waals surface area contributed by atoms with Gasteiger partial charge in [0.25, 0.3) is 0 Å². The Morgan fingerprint density at radius 2 is 1.78 bits per heavy atom. The lowest BCUT2D eigenvalue weighted by Crippen LogP contribution is -2.15. The van der Waals surface area contributed by atoms with Gasteiger partial charge in [0.2, 0.25) is 10.9 Å². The first-order valence-corrected chi connectivity index (χ1v) is 8.51. The molecule has 0 aliphatic heterocycles. The summed E-state index contributed by atoms with van der Waals surface area (Å²) >= 11 is 3.21. The number of rotatable bonds is 6. The summed E-state index contributed by atoms with van der Waals surface area (Å²) in [4.78, 5) is 12.3. The van der Waals surface area contributed by atoms with Crippen molar-refractivity contribution in [1.29, 1.82) is 0 Å². The van der Waals surface area contributed by atoms with Crippen LogP contribution in [0.15, 0.2) is 40.9 Å². The van der Waals surface area contributed by atoms with Crippen molar-refractivity contribution in [2.45, 2.75) is 6.42 Å². The molecule has 0 unspecified atom stereocenters. The molecule has 23 heavy (non-hydrogen) atoms. The van der Waals surface area contributed by atoms with Gasteiger partial charge in [0.05, 0.1) is 0 Å². The van der Waals surface area contributed by atoms with Crippen LogP contribution in [0.25, 0.3) is 0 Å². The van der Waals surface area contributed by atoms with E-state index in [1.165, 1.54) is 18.2 Å². The fraction of sp³-hybridized carbons (Fsp3) is 0.133. The van der Waals surface area contributed by atoms with E-state index in [4.69, 9.17) is 0 Å². The molecule has 0 atom stereocenters. The van der Waals surface area contributed by atoms with Crippen molar-refractivity contribution in [2.75, 3.05) is 6.54 Å². The fourth-order valence-electron chi connectivity index (χ4n) is 1.99. The maximum Gasteiger partial charge on any atom is 0.201 e. The van der Waals surface area contributed by atoms with Crippen LogP contribution in [-0.2, 0) is 17.3 Å². The lowest BCUT2D eigenvalue weighted by Gasteiger charge is -2.09. The van der Waals surface area contributed by atoms with E-state index in [1.807, 2.05) is 0 Å². The molecule has 0 saturated carbocycles. The Labute approximate surface area is 141 Å². The molecule has 0 aromatic heterocycles. The van der Waals surface area contributed by atoms with Gasteiger partial charge in [0.1, 0.15) is 11.6 Å². The van der Waals surface area contributed by atoms with E-state index in [2.05, 4.69) is 20.7 Å². The van der Waals surface area contributed by atoms with Crippen molar-refractivity contribution < 1.29 is 22.0 Å². The van der Waals surface area contributed by atoms with Gasteiger partial charge < -0.3 is 0 Å². The van der Waals surface area contributed by atoms with Crippen LogP contribution in [-0.4, -0.2) is 20.7 Å². The number of halogens is 3. The third-order valence-corrected chi connectivity index (χ3v) is 4.26. The second-order valence-corrected chi connectivity index (χ2v) is 6.36. The van der Waals surface area contributed by atoms with Crippen LogP contribution in [0.2, 0.25) is 0 Å². The molecule has 0 radical (unpaired) electrons. The number of benzene rings is 2. The molecule has 2 rings (SSSR count). The maximum absolute atomic E-state index is 14.1. The third-order valence-electron chi connectivity index (χ3n) is 3.12. The Morgan fingerprint density at radius 1 is 1.13 bits per heavy atom. The van der Waals surface area contributed by atoms with E-state index in [1.54, 1.807) is 0 Å². The third kappa shape index (κ3) is 4.66. The normalized spacial score (nSPS) is 11.0. The van der Waals surface area contributed by atoms with Gasteiger partial charge in [-0.1, -0.05) is 15.9 Å². The van der Waals surface area contributed by atoms with E-state index >= 15 is 0 Å². The van der Waals surface area contributed by atoms with Crippen LogP contribution < -0.4 is 4.72 Å². The number of thiol groups is 1. The lowest BCUT2D eigenvalue weighted by molar-refractivity contribution is 0.103. The first-order valence-electron chi connectivity index (χ1n) is 6.54. The van der Waals surface area contributed by atoms with Crippen molar-refractivity contribution in [1.82, 2.24) is 4.72 Å². The molecule has 0 saturated heterocycles. The summed E-state index contributed by atoms with van der Waals surface area (Å²) in [6.45, 7) is 0.0628. The van der Waals surface area contributed by atoms with Crippen molar-refractivity contribution in [3.63, 3.8) is 0 Å². The molecule has 0 spiro atoms. The summed E-state index contributed by atoms with van der Waals surface area (Å²) in [5.74, 6) is -1.52. The average Bonchev–Trinajstić information content (AvgIpc) is 2.50. The van der Waals surface area contributed by atoms with E-state index in [9.17, 15) is 22.0 Å². The van der Waals surface area contributed by atoms with Crippen LogP contribution in [0.4, 0.5) is 8.78 Å². The highest BCUT2D eigenvalue weighted by molar-refractivity contribution is 9.10. The molecule has 0 fully saturated rings. The zero-order valence-corrected chi connectivity index (χ0v) is 14.2. The summed E-state index contributed by atoms with van der Waals surface area (Å²) in [5.41, 5.74) is 0.627. The lowest BCUT2D eigenvalue weighted by atomic mass is 10.0. The fourth-order valence-corrected chi connectivity index (χ4v) is 2.86. The van der Waals surface area contributed by atoms with Gasteiger partial charge in [-0.3, -0.25) is 4.79 Å². The predicted molar refractivity (Wildman–Crippen MR) is 86.0 cm³/mol. The van der Waals surface area contributed by atoms with Crippen molar-refractivity contribution >= 4 is 32.6 Å². The molecule has 8 heteroatoms. The van der Waals surface area contributed by atoms with Gasteiger partial charge in [-0.25, -0.2) is 21.9 Å². The molecule has 0 heterocycles. The Hall–Kier alpha value is -1.64. The first kappa shape index (κ1) is 17.7. The topological polar surface area (TPSA) is 63.2 Å². The maximum atomic E-state index is 14.1. The largest absolute Gasteiger partial charge is 0.289 e. The molecule has 122 valence electrons. The van der Waals surface area contributed by atoms with Crippen LogP contribution in [0.5, 0.6) is 0 Å². The van der Waals surface area contributed by atoms with Gasteiger partial charge in [0.15, 0.2) is 5.78 Å². The molecule has 1 N–H and O–H groups in total. The second kappa shape index (κ2) is 7.76. The van der Waals surface area contributed by atoms with E-state index in [0.717, 1.165) is 18.2 Å². The minimum Gasteiger partial charge on any atom is -0.289 e. The molecule has 0 bridgehead atoms. The highest BCUT2D eigenvalue weighted by Gasteiger charge is 2.16. The number of carbonyl (C=O) groups is 1.